The second-order valence-electron chi connectivity index (χ2n) is 8.75. The highest BCUT2D eigenvalue weighted by Crippen LogP contribution is 2.25. The van der Waals surface area contributed by atoms with Gasteiger partial charge in [0.25, 0.3) is 0 Å². The highest BCUT2D eigenvalue weighted by molar-refractivity contribution is 6.29. The smallest absolute Gasteiger partial charge is 0.417 e. The minimum atomic E-state index is -0.687. The van der Waals surface area contributed by atoms with Crippen LogP contribution in [0, 0.1) is 0 Å². The Morgan fingerprint density at radius 2 is 1.82 bits per heavy atom. The number of hydrogen-bond acceptors (Lipinski definition) is 6. The van der Waals surface area contributed by atoms with E-state index < -0.39 is 23.4 Å². The number of anilines is 1. The van der Waals surface area contributed by atoms with Crippen molar-refractivity contribution in [2.24, 2.45) is 0 Å². The molecule has 1 atom stereocenters. The summed E-state index contributed by atoms with van der Waals surface area (Å²) in [7, 11) is 0. The Hall–Kier alpha value is -2.09. The van der Waals surface area contributed by atoms with E-state index in [2.05, 4.69) is 9.97 Å². The van der Waals surface area contributed by atoms with Crippen molar-refractivity contribution in [2.45, 2.75) is 71.6 Å². The molecule has 9 heteroatoms. The largest absolute Gasteiger partial charge is 0.444 e. The first-order valence-electron chi connectivity index (χ1n) is 9.34. The fraction of sp³-hybridized carbons (Fsp3) is 0.684. The van der Waals surface area contributed by atoms with Crippen LogP contribution in [0.5, 0.6) is 0 Å². The van der Waals surface area contributed by atoms with Gasteiger partial charge in [0.2, 0.25) is 5.95 Å². The summed E-state index contributed by atoms with van der Waals surface area (Å²) < 4.78 is 11.0. The quantitative estimate of drug-likeness (QED) is 0.674. The van der Waals surface area contributed by atoms with Gasteiger partial charge < -0.3 is 14.4 Å². The first kappa shape index (κ1) is 22.2. The van der Waals surface area contributed by atoms with Crippen molar-refractivity contribution in [1.29, 1.82) is 0 Å². The zero-order valence-electron chi connectivity index (χ0n) is 17.4. The number of nitrogens with zero attached hydrogens (tertiary/aromatic N) is 4. The number of amides is 2. The maximum atomic E-state index is 12.9. The monoisotopic (exact) mass is 412 g/mol. The SMILES string of the molecule is CC(C)(C)OC(=O)N1CCCC(N(C(=O)OC(C)(C)C)c2nccc(Cl)n2)C1. The molecular weight excluding hydrogens is 384 g/mol. The fourth-order valence-corrected chi connectivity index (χ4v) is 2.94. The van der Waals surface area contributed by atoms with Crippen LogP contribution in [-0.4, -0.2) is 57.4 Å². The molecule has 28 heavy (non-hydrogen) atoms. The number of halogens is 1. The van der Waals surface area contributed by atoms with Crippen LogP contribution >= 0.6 is 11.6 Å². The summed E-state index contributed by atoms with van der Waals surface area (Å²) in [6.45, 7) is 11.7. The molecule has 1 aromatic heterocycles. The molecule has 1 unspecified atom stereocenters. The molecule has 0 aromatic carbocycles. The molecule has 0 bridgehead atoms. The Balaban J connectivity index is 2.27. The van der Waals surface area contributed by atoms with Gasteiger partial charge in [-0.3, -0.25) is 0 Å². The van der Waals surface area contributed by atoms with Crippen LogP contribution in [-0.2, 0) is 9.47 Å². The van der Waals surface area contributed by atoms with Crippen LogP contribution in [0.1, 0.15) is 54.4 Å². The summed E-state index contributed by atoms with van der Waals surface area (Å²) in [5, 5.41) is 0.221. The summed E-state index contributed by atoms with van der Waals surface area (Å²) in [5.41, 5.74) is -1.28. The standard InChI is InChI=1S/C19H29ClN4O4/c1-18(2,3)27-16(25)23-11-7-8-13(12-23)24(17(26)28-19(4,5)6)15-21-10-9-14(20)22-15/h9-10,13H,7-8,11-12H2,1-6H3. The molecule has 0 radical (unpaired) electrons. The van der Waals surface area contributed by atoms with E-state index in [0.29, 0.717) is 25.9 Å². The van der Waals surface area contributed by atoms with Gasteiger partial charge in [0.05, 0.1) is 6.04 Å². The number of rotatable bonds is 2. The van der Waals surface area contributed by atoms with Crippen molar-refractivity contribution < 1.29 is 19.1 Å². The average Bonchev–Trinajstić information content (AvgIpc) is 2.52. The molecule has 1 fully saturated rings. The normalized spacial score (nSPS) is 17.8. The average molecular weight is 413 g/mol. The first-order valence-corrected chi connectivity index (χ1v) is 9.72. The maximum absolute atomic E-state index is 12.9. The maximum Gasteiger partial charge on any atom is 0.417 e. The lowest BCUT2D eigenvalue weighted by Crippen LogP contribution is -2.54. The van der Waals surface area contributed by atoms with Crippen LogP contribution in [0.2, 0.25) is 5.15 Å². The third kappa shape index (κ3) is 6.51. The van der Waals surface area contributed by atoms with Gasteiger partial charge in [0.15, 0.2) is 0 Å². The highest BCUT2D eigenvalue weighted by Gasteiger charge is 2.36. The van der Waals surface area contributed by atoms with E-state index in [1.165, 1.54) is 17.2 Å². The van der Waals surface area contributed by atoms with Crippen molar-refractivity contribution >= 4 is 29.7 Å². The van der Waals surface area contributed by atoms with Crippen molar-refractivity contribution in [3.63, 3.8) is 0 Å². The van der Waals surface area contributed by atoms with Gasteiger partial charge in [-0.25, -0.2) is 24.5 Å². The zero-order valence-corrected chi connectivity index (χ0v) is 18.1. The lowest BCUT2D eigenvalue weighted by Gasteiger charge is -2.39. The molecule has 1 aromatic rings. The Morgan fingerprint density at radius 1 is 1.18 bits per heavy atom. The minimum Gasteiger partial charge on any atom is -0.444 e. The molecule has 1 aliphatic heterocycles. The van der Waals surface area contributed by atoms with Crippen molar-refractivity contribution in [2.75, 3.05) is 18.0 Å². The third-order valence-electron chi connectivity index (χ3n) is 3.83. The lowest BCUT2D eigenvalue weighted by molar-refractivity contribution is 0.0181. The summed E-state index contributed by atoms with van der Waals surface area (Å²) in [4.78, 5) is 36.8. The van der Waals surface area contributed by atoms with Crippen LogP contribution in [0.25, 0.3) is 0 Å². The molecule has 1 saturated heterocycles. The number of hydrogen-bond donors (Lipinski definition) is 0. The molecule has 2 amide bonds. The van der Waals surface area contributed by atoms with Gasteiger partial charge in [-0.1, -0.05) is 11.6 Å². The second-order valence-corrected chi connectivity index (χ2v) is 9.14. The number of aromatic nitrogens is 2. The number of likely N-dealkylation sites (tertiary alicyclic amines) is 1. The Morgan fingerprint density at radius 3 is 2.39 bits per heavy atom. The van der Waals surface area contributed by atoms with E-state index in [-0.39, 0.29) is 17.1 Å². The van der Waals surface area contributed by atoms with Crippen LogP contribution in [0.4, 0.5) is 15.5 Å². The van der Waals surface area contributed by atoms with Crippen molar-refractivity contribution in [3.05, 3.63) is 17.4 Å². The number of carbonyl (C=O) groups is 2. The molecule has 1 aliphatic rings. The summed E-state index contributed by atoms with van der Waals surface area (Å²) in [6.07, 6.45) is 1.88. The topological polar surface area (TPSA) is 84.9 Å². The van der Waals surface area contributed by atoms with Crippen molar-refractivity contribution in [1.82, 2.24) is 14.9 Å². The van der Waals surface area contributed by atoms with Gasteiger partial charge >= 0.3 is 12.2 Å². The van der Waals surface area contributed by atoms with Gasteiger partial charge in [-0.05, 0) is 60.5 Å². The number of piperidine rings is 1. The van der Waals surface area contributed by atoms with E-state index in [4.69, 9.17) is 21.1 Å². The molecule has 0 N–H and O–H groups in total. The molecule has 8 nitrogen and oxygen atoms in total. The summed E-state index contributed by atoms with van der Waals surface area (Å²) in [6, 6.07) is 1.18. The predicted octanol–water partition coefficient (Wildman–Crippen LogP) is 4.27. The third-order valence-corrected chi connectivity index (χ3v) is 4.04. The zero-order chi connectivity index (χ0) is 21.1. The van der Waals surface area contributed by atoms with Crippen molar-refractivity contribution in [3.8, 4) is 0 Å². The van der Waals surface area contributed by atoms with Gasteiger partial charge in [-0.15, -0.1) is 0 Å². The minimum absolute atomic E-state index is 0.151. The van der Waals surface area contributed by atoms with Crippen LogP contribution in [0.3, 0.4) is 0 Å². The van der Waals surface area contributed by atoms with Gasteiger partial charge in [0.1, 0.15) is 16.4 Å². The van der Waals surface area contributed by atoms with Gasteiger partial charge in [-0.2, -0.15) is 0 Å². The number of ether oxygens (including phenoxy) is 2. The lowest BCUT2D eigenvalue weighted by atomic mass is 10.0. The van der Waals surface area contributed by atoms with Gasteiger partial charge in [0, 0.05) is 19.3 Å². The summed E-state index contributed by atoms with van der Waals surface area (Å²) in [5.74, 6) is 0.151. The molecule has 2 heterocycles. The first-order chi connectivity index (χ1) is 12.9. The molecular formula is C19H29ClN4O4. The molecule has 156 valence electrons. The second kappa shape index (κ2) is 8.51. The summed E-state index contributed by atoms with van der Waals surface area (Å²) >= 11 is 6.00. The van der Waals surface area contributed by atoms with E-state index in [1.807, 2.05) is 20.8 Å². The van der Waals surface area contributed by atoms with Crippen LogP contribution < -0.4 is 4.90 Å². The van der Waals surface area contributed by atoms with E-state index in [0.717, 1.165) is 0 Å². The van der Waals surface area contributed by atoms with E-state index >= 15 is 0 Å². The fourth-order valence-electron chi connectivity index (χ4n) is 2.81. The van der Waals surface area contributed by atoms with E-state index in [1.54, 1.807) is 25.7 Å². The molecule has 0 spiro atoms. The highest BCUT2D eigenvalue weighted by atomic mass is 35.5. The predicted molar refractivity (Wildman–Crippen MR) is 107 cm³/mol. The molecule has 2 rings (SSSR count). The van der Waals surface area contributed by atoms with E-state index in [9.17, 15) is 9.59 Å². The number of carbonyl (C=O) groups excluding carboxylic acids is 2. The molecule has 0 saturated carbocycles. The molecule has 0 aliphatic carbocycles. The van der Waals surface area contributed by atoms with Crippen LogP contribution in [0.15, 0.2) is 12.3 Å². The Kier molecular flexibility index (Phi) is 6.75. The Bertz CT molecular complexity index is 715. The Labute approximate surface area is 171 Å².